The molecule has 3 heterocycles. The van der Waals surface area contributed by atoms with Gasteiger partial charge in [-0.25, -0.2) is 4.98 Å². The van der Waals surface area contributed by atoms with E-state index in [0.717, 1.165) is 36.5 Å². The number of anilines is 2. The van der Waals surface area contributed by atoms with Crippen molar-refractivity contribution in [2.75, 3.05) is 30.4 Å². The Balaban J connectivity index is 1.67. The Kier molecular flexibility index (Phi) is 4.64. The minimum absolute atomic E-state index is 0.0857. The molecule has 0 saturated carbocycles. The molecular formula is C21H26N4O. The van der Waals surface area contributed by atoms with E-state index in [1.54, 1.807) is 6.92 Å². The van der Waals surface area contributed by atoms with Crippen molar-refractivity contribution < 1.29 is 4.79 Å². The number of amides is 1. The zero-order valence-electron chi connectivity index (χ0n) is 15.5. The second-order valence-corrected chi connectivity index (χ2v) is 7.40. The Bertz CT molecular complexity index is 792. The van der Waals surface area contributed by atoms with Gasteiger partial charge in [-0.3, -0.25) is 9.69 Å². The zero-order chi connectivity index (χ0) is 18.1. The van der Waals surface area contributed by atoms with Gasteiger partial charge in [-0.15, -0.1) is 0 Å². The summed E-state index contributed by atoms with van der Waals surface area (Å²) in [4.78, 5) is 21.5. The van der Waals surface area contributed by atoms with Crippen molar-refractivity contribution in [1.82, 2.24) is 9.88 Å². The Hall–Kier alpha value is -2.40. The van der Waals surface area contributed by atoms with E-state index in [2.05, 4.69) is 34.3 Å². The molecule has 5 heteroatoms. The van der Waals surface area contributed by atoms with Crippen molar-refractivity contribution in [2.45, 2.75) is 38.3 Å². The van der Waals surface area contributed by atoms with Gasteiger partial charge in [-0.2, -0.15) is 0 Å². The van der Waals surface area contributed by atoms with Crippen molar-refractivity contribution in [1.29, 1.82) is 0 Å². The van der Waals surface area contributed by atoms with Crippen LogP contribution in [0.1, 0.15) is 26.2 Å². The van der Waals surface area contributed by atoms with Crippen LogP contribution < -0.4 is 10.2 Å². The molecule has 1 aromatic heterocycles. The lowest BCUT2D eigenvalue weighted by Crippen LogP contribution is -2.37. The fraction of sp³-hybridized carbons (Fsp3) is 0.429. The number of carbonyl (C=O) groups excluding carboxylic acids is 1. The maximum Gasteiger partial charge on any atom is 0.222 e. The van der Waals surface area contributed by atoms with Gasteiger partial charge in [0.25, 0.3) is 0 Å². The topological polar surface area (TPSA) is 48.5 Å². The summed E-state index contributed by atoms with van der Waals surface area (Å²) in [5.41, 5.74) is 2.97. The number of carbonyl (C=O) groups is 1. The Morgan fingerprint density at radius 3 is 2.62 bits per heavy atom. The predicted octanol–water partition coefficient (Wildman–Crippen LogP) is 3.38. The van der Waals surface area contributed by atoms with Crippen molar-refractivity contribution in [3.05, 3.63) is 42.5 Å². The van der Waals surface area contributed by atoms with E-state index in [-0.39, 0.29) is 5.91 Å². The number of likely N-dealkylation sites (N-methyl/N-ethyl adjacent to an activating group) is 1. The van der Waals surface area contributed by atoms with Crippen LogP contribution in [0.2, 0.25) is 0 Å². The highest BCUT2D eigenvalue weighted by Crippen LogP contribution is 2.34. The lowest BCUT2D eigenvalue weighted by Gasteiger charge is -2.29. The zero-order valence-corrected chi connectivity index (χ0v) is 15.5. The van der Waals surface area contributed by atoms with Gasteiger partial charge in [-0.05, 0) is 38.4 Å². The third-order valence-electron chi connectivity index (χ3n) is 5.73. The van der Waals surface area contributed by atoms with Gasteiger partial charge >= 0.3 is 0 Å². The molecule has 2 aliphatic heterocycles. The first kappa shape index (κ1) is 17.0. The number of pyridine rings is 1. The van der Waals surface area contributed by atoms with Gasteiger partial charge in [-0.1, -0.05) is 30.3 Å². The van der Waals surface area contributed by atoms with Crippen LogP contribution in [0.25, 0.3) is 11.3 Å². The van der Waals surface area contributed by atoms with Crippen LogP contribution in [0.4, 0.5) is 11.5 Å². The van der Waals surface area contributed by atoms with Crippen molar-refractivity contribution in [2.24, 2.45) is 0 Å². The van der Waals surface area contributed by atoms with Crippen molar-refractivity contribution >= 4 is 17.4 Å². The van der Waals surface area contributed by atoms with Crippen LogP contribution in [-0.2, 0) is 4.79 Å². The van der Waals surface area contributed by atoms with Crippen LogP contribution >= 0.6 is 0 Å². The average Bonchev–Trinajstić information content (AvgIpc) is 2.88. The highest BCUT2D eigenvalue weighted by atomic mass is 16.1. The summed E-state index contributed by atoms with van der Waals surface area (Å²) in [6.45, 7) is 3.54. The van der Waals surface area contributed by atoms with E-state index in [4.69, 9.17) is 4.98 Å². The summed E-state index contributed by atoms with van der Waals surface area (Å²) in [6, 6.07) is 15.5. The monoisotopic (exact) mass is 350 g/mol. The molecular weight excluding hydrogens is 324 g/mol. The highest BCUT2D eigenvalue weighted by molar-refractivity contribution is 5.92. The van der Waals surface area contributed by atoms with Gasteiger partial charge in [0.15, 0.2) is 5.82 Å². The van der Waals surface area contributed by atoms with Crippen molar-refractivity contribution in [3.63, 3.8) is 0 Å². The molecule has 1 amide bonds. The Morgan fingerprint density at radius 2 is 1.85 bits per heavy atom. The molecule has 2 saturated heterocycles. The van der Waals surface area contributed by atoms with Crippen LogP contribution in [0.15, 0.2) is 42.5 Å². The summed E-state index contributed by atoms with van der Waals surface area (Å²) < 4.78 is 0. The van der Waals surface area contributed by atoms with E-state index in [0.29, 0.717) is 17.9 Å². The van der Waals surface area contributed by atoms with Crippen LogP contribution in [0.5, 0.6) is 0 Å². The van der Waals surface area contributed by atoms with Gasteiger partial charge in [0, 0.05) is 37.7 Å². The number of hydrogen-bond acceptors (Lipinski definition) is 4. The molecule has 2 fully saturated rings. The summed E-state index contributed by atoms with van der Waals surface area (Å²) in [5, 5.41) is 2.95. The molecule has 0 radical (unpaired) electrons. The third-order valence-corrected chi connectivity index (χ3v) is 5.73. The first-order valence-electron chi connectivity index (χ1n) is 9.43. The second-order valence-electron chi connectivity index (χ2n) is 7.40. The molecule has 136 valence electrons. The molecule has 1 N–H and O–H groups in total. The quantitative estimate of drug-likeness (QED) is 0.922. The largest absolute Gasteiger partial charge is 0.367 e. The van der Waals surface area contributed by atoms with E-state index < -0.39 is 0 Å². The van der Waals surface area contributed by atoms with Gasteiger partial charge < -0.3 is 10.2 Å². The molecule has 1 aromatic carbocycles. The molecule has 2 unspecified atom stereocenters. The molecule has 0 spiro atoms. The average molecular weight is 350 g/mol. The van der Waals surface area contributed by atoms with Crippen molar-refractivity contribution in [3.8, 4) is 11.3 Å². The first-order chi connectivity index (χ1) is 12.6. The number of benzene rings is 1. The maximum absolute atomic E-state index is 11.8. The molecule has 2 aliphatic rings. The minimum Gasteiger partial charge on any atom is -0.367 e. The van der Waals surface area contributed by atoms with Gasteiger partial charge in [0.2, 0.25) is 5.91 Å². The van der Waals surface area contributed by atoms with Crippen LogP contribution in [-0.4, -0.2) is 48.0 Å². The number of aromatic nitrogens is 1. The smallest absolute Gasteiger partial charge is 0.222 e. The number of rotatable bonds is 3. The van der Waals surface area contributed by atoms with Crippen LogP contribution in [0.3, 0.4) is 0 Å². The molecule has 26 heavy (non-hydrogen) atoms. The number of nitrogens with zero attached hydrogens (tertiary/aromatic N) is 3. The Labute approximate surface area is 155 Å². The fourth-order valence-electron chi connectivity index (χ4n) is 4.26. The molecule has 2 atom stereocenters. The van der Waals surface area contributed by atoms with E-state index >= 15 is 0 Å². The predicted molar refractivity (Wildman–Crippen MR) is 105 cm³/mol. The summed E-state index contributed by atoms with van der Waals surface area (Å²) in [7, 11) is 2.25. The minimum atomic E-state index is -0.0857. The fourth-order valence-corrected chi connectivity index (χ4v) is 4.26. The number of fused-ring (bicyclic) bond motifs is 2. The van der Waals surface area contributed by atoms with E-state index in [1.807, 2.05) is 30.3 Å². The standard InChI is InChI=1S/C21H26N4O/c1-15(26)22-21-20(11-10-19(23-21)16-6-4-3-5-7-16)25-13-12-17-8-9-18(14-25)24(17)2/h3-7,10-11,17-18H,8-9,12-14H2,1-2H3,(H,22,23,26). The van der Waals surface area contributed by atoms with E-state index in [9.17, 15) is 4.79 Å². The lowest BCUT2D eigenvalue weighted by atomic mass is 10.1. The number of hydrogen-bond donors (Lipinski definition) is 1. The van der Waals surface area contributed by atoms with Gasteiger partial charge in [0.05, 0.1) is 11.4 Å². The molecule has 4 rings (SSSR count). The third kappa shape index (κ3) is 3.31. The molecule has 0 aliphatic carbocycles. The lowest BCUT2D eigenvalue weighted by molar-refractivity contribution is -0.114. The maximum atomic E-state index is 11.8. The summed E-state index contributed by atoms with van der Waals surface area (Å²) in [6.07, 6.45) is 3.72. The van der Waals surface area contributed by atoms with E-state index in [1.165, 1.54) is 12.8 Å². The first-order valence-corrected chi connectivity index (χ1v) is 9.43. The molecule has 2 aromatic rings. The Morgan fingerprint density at radius 1 is 1.08 bits per heavy atom. The second kappa shape index (κ2) is 7.08. The molecule has 2 bridgehead atoms. The van der Waals surface area contributed by atoms with Gasteiger partial charge in [0.1, 0.15) is 0 Å². The number of nitrogens with one attached hydrogen (secondary N) is 1. The highest BCUT2D eigenvalue weighted by Gasteiger charge is 2.35. The summed E-state index contributed by atoms with van der Waals surface area (Å²) >= 11 is 0. The SMILES string of the molecule is CC(=O)Nc1nc(-c2ccccc2)ccc1N1CCC2CCC(C1)N2C. The van der Waals surface area contributed by atoms with Crippen LogP contribution in [0, 0.1) is 0 Å². The normalized spacial score (nSPS) is 22.9. The summed E-state index contributed by atoms with van der Waals surface area (Å²) in [5.74, 6) is 0.580. The molecule has 5 nitrogen and oxygen atoms in total.